The third-order valence-corrected chi connectivity index (χ3v) is 3.13. The first-order chi connectivity index (χ1) is 9.65. The zero-order valence-corrected chi connectivity index (χ0v) is 11.3. The minimum Gasteiger partial charge on any atom is -0.486 e. The maximum atomic E-state index is 12.4. The summed E-state index contributed by atoms with van der Waals surface area (Å²) in [6.45, 7) is 4.76. The molecule has 0 radical (unpaired) electrons. The average Bonchev–Trinajstić information content (AvgIpc) is 2.46. The predicted molar refractivity (Wildman–Crippen MR) is 72.4 cm³/mol. The average molecular weight is 270 g/mol. The standard InChI is InChI=1S/C15H14N2O3/c1-9-5-11(7-13-15(9)20-4-3-19-13)14(18)12-6-10(2)16-8-17-12/h5-8H,3-4H2,1-2H3. The molecule has 2 heterocycles. The molecule has 0 unspecified atom stereocenters. The molecule has 0 amide bonds. The highest BCUT2D eigenvalue weighted by Crippen LogP contribution is 2.35. The van der Waals surface area contributed by atoms with Crippen molar-refractivity contribution >= 4 is 5.78 Å². The van der Waals surface area contributed by atoms with Crippen molar-refractivity contribution in [3.63, 3.8) is 0 Å². The molecule has 0 spiro atoms. The summed E-state index contributed by atoms with van der Waals surface area (Å²) in [5.41, 5.74) is 2.58. The number of nitrogens with zero attached hydrogens (tertiary/aromatic N) is 2. The number of hydrogen-bond donors (Lipinski definition) is 0. The lowest BCUT2D eigenvalue weighted by molar-refractivity contribution is 0.103. The van der Waals surface area contributed by atoms with Crippen LogP contribution in [0.15, 0.2) is 24.5 Å². The molecule has 0 saturated carbocycles. The lowest BCUT2D eigenvalue weighted by Crippen LogP contribution is -2.17. The van der Waals surface area contributed by atoms with E-state index in [4.69, 9.17) is 9.47 Å². The van der Waals surface area contributed by atoms with E-state index in [0.717, 1.165) is 11.3 Å². The Hall–Kier alpha value is -2.43. The normalized spacial score (nSPS) is 13.1. The minimum atomic E-state index is -0.143. The van der Waals surface area contributed by atoms with Gasteiger partial charge in [0.1, 0.15) is 25.2 Å². The van der Waals surface area contributed by atoms with Crippen LogP contribution in [-0.2, 0) is 0 Å². The Kier molecular flexibility index (Phi) is 3.10. The number of ketones is 1. The Balaban J connectivity index is 2.02. The van der Waals surface area contributed by atoms with Crippen LogP contribution in [0.1, 0.15) is 27.3 Å². The third-order valence-electron chi connectivity index (χ3n) is 3.13. The van der Waals surface area contributed by atoms with E-state index in [0.29, 0.717) is 36.0 Å². The van der Waals surface area contributed by atoms with Gasteiger partial charge in [0.05, 0.1) is 0 Å². The number of hydrogen-bond acceptors (Lipinski definition) is 5. The van der Waals surface area contributed by atoms with E-state index >= 15 is 0 Å². The smallest absolute Gasteiger partial charge is 0.211 e. The summed E-state index contributed by atoms with van der Waals surface area (Å²) in [7, 11) is 0. The van der Waals surface area contributed by atoms with E-state index in [1.54, 1.807) is 18.2 Å². The monoisotopic (exact) mass is 270 g/mol. The van der Waals surface area contributed by atoms with Crippen LogP contribution in [0.2, 0.25) is 0 Å². The van der Waals surface area contributed by atoms with Crippen molar-refractivity contribution in [2.75, 3.05) is 13.2 Å². The van der Waals surface area contributed by atoms with Crippen LogP contribution in [0, 0.1) is 13.8 Å². The molecular weight excluding hydrogens is 256 g/mol. The van der Waals surface area contributed by atoms with E-state index in [-0.39, 0.29) is 5.78 Å². The van der Waals surface area contributed by atoms with Gasteiger partial charge in [0, 0.05) is 11.3 Å². The molecule has 0 aliphatic carbocycles. The molecule has 5 nitrogen and oxygen atoms in total. The van der Waals surface area contributed by atoms with E-state index in [1.165, 1.54) is 6.33 Å². The van der Waals surface area contributed by atoms with Gasteiger partial charge in [-0.1, -0.05) is 0 Å². The molecule has 0 saturated heterocycles. The minimum absolute atomic E-state index is 0.143. The summed E-state index contributed by atoms with van der Waals surface area (Å²) < 4.78 is 11.1. The molecule has 2 aromatic rings. The highest BCUT2D eigenvalue weighted by Gasteiger charge is 2.19. The fourth-order valence-corrected chi connectivity index (χ4v) is 2.19. The van der Waals surface area contributed by atoms with Crippen molar-refractivity contribution in [1.82, 2.24) is 9.97 Å². The third kappa shape index (κ3) is 2.22. The zero-order valence-electron chi connectivity index (χ0n) is 11.3. The highest BCUT2D eigenvalue weighted by molar-refractivity contribution is 6.08. The Labute approximate surface area is 116 Å². The van der Waals surface area contributed by atoms with E-state index in [2.05, 4.69) is 9.97 Å². The van der Waals surface area contributed by atoms with Gasteiger partial charge in [0.25, 0.3) is 0 Å². The van der Waals surface area contributed by atoms with Gasteiger partial charge in [-0.05, 0) is 37.6 Å². The second-order valence-corrected chi connectivity index (χ2v) is 4.69. The van der Waals surface area contributed by atoms with E-state index in [9.17, 15) is 4.79 Å². The quantitative estimate of drug-likeness (QED) is 0.782. The predicted octanol–water partition coefficient (Wildman–Crippen LogP) is 2.10. The number of aryl methyl sites for hydroxylation is 2. The van der Waals surface area contributed by atoms with Crippen molar-refractivity contribution in [1.29, 1.82) is 0 Å². The largest absolute Gasteiger partial charge is 0.486 e. The topological polar surface area (TPSA) is 61.3 Å². The Bertz CT molecular complexity index is 683. The molecule has 0 bridgehead atoms. The number of carbonyl (C=O) groups is 1. The lowest BCUT2D eigenvalue weighted by atomic mass is 10.0. The van der Waals surface area contributed by atoms with Crippen molar-refractivity contribution < 1.29 is 14.3 Å². The maximum Gasteiger partial charge on any atom is 0.211 e. The van der Waals surface area contributed by atoms with Gasteiger partial charge in [-0.25, -0.2) is 9.97 Å². The van der Waals surface area contributed by atoms with E-state index < -0.39 is 0 Å². The van der Waals surface area contributed by atoms with Gasteiger partial charge in [-0.3, -0.25) is 4.79 Å². The van der Waals surface area contributed by atoms with Crippen molar-refractivity contribution in [3.05, 3.63) is 47.0 Å². The second kappa shape index (κ2) is 4.92. The fraction of sp³-hybridized carbons (Fsp3) is 0.267. The Morgan fingerprint density at radius 1 is 1.10 bits per heavy atom. The van der Waals surface area contributed by atoms with Crippen LogP contribution in [0.5, 0.6) is 11.5 Å². The summed E-state index contributed by atoms with van der Waals surface area (Å²) >= 11 is 0. The second-order valence-electron chi connectivity index (χ2n) is 4.69. The van der Waals surface area contributed by atoms with Crippen LogP contribution < -0.4 is 9.47 Å². The van der Waals surface area contributed by atoms with Gasteiger partial charge in [-0.15, -0.1) is 0 Å². The number of ether oxygens (including phenoxy) is 2. The molecule has 1 aliphatic rings. The molecule has 3 rings (SSSR count). The molecule has 0 fully saturated rings. The molecule has 20 heavy (non-hydrogen) atoms. The summed E-state index contributed by atoms with van der Waals surface area (Å²) in [5, 5.41) is 0. The Morgan fingerprint density at radius 2 is 1.90 bits per heavy atom. The molecule has 1 aromatic heterocycles. The number of fused-ring (bicyclic) bond motifs is 1. The van der Waals surface area contributed by atoms with Gasteiger partial charge >= 0.3 is 0 Å². The fourth-order valence-electron chi connectivity index (χ4n) is 2.19. The van der Waals surface area contributed by atoms with Gasteiger partial charge < -0.3 is 9.47 Å². The Morgan fingerprint density at radius 3 is 2.70 bits per heavy atom. The van der Waals surface area contributed by atoms with Crippen molar-refractivity contribution in [2.24, 2.45) is 0 Å². The zero-order chi connectivity index (χ0) is 14.1. The molecule has 1 aromatic carbocycles. The maximum absolute atomic E-state index is 12.4. The SMILES string of the molecule is Cc1cc(C(=O)c2cc(C)c3c(c2)OCCO3)ncn1. The van der Waals surface area contributed by atoms with Gasteiger partial charge in [0.2, 0.25) is 5.78 Å². The van der Waals surface area contributed by atoms with Crippen molar-refractivity contribution in [2.45, 2.75) is 13.8 Å². The summed E-state index contributed by atoms with van der Waals surface area (Å²) in [6.07, 6.45) is 1.40. The molecular formula is C15H14N2O3. The van der Waals surface area contributed by atoms with Crippen LogP contribution >= 0.6 is 0 Å². The molecule has 0 atom stereocenters. The summed E-state index contributed by atoms with van der Waals surface area (Å²) in [6, 6.07) is 5.18. The molecule has 1 aliphatic heterocycles. The first kappa shape index (κ1) is 12.6. The van der Waals surface area contributed by atoms with Crippen LogP contribution in [0.3, 0.4) is 0 Å². The number of rotatable bonds is 2. The number of carbonyl (C=O) groups excluding carboxylic acids is 1. The molecule has 0 N–H and O–H groups in total. The highest BCUT2D eigenvalue weighted by atomic mass is 16.6. The van der Waals surface area contributed by atoms with Crippen molar-refractivity contribution in [3.8, 4) is 11.5 Å². The van der Waals surface area contributed by atoms with Crippen LogP contribution in [-0.4, -0.2) is 29.0 Å². The van der Waals surface area contributed by atoms with Crippen LogP contribution in [0.4, 0.5) is 0 Å². The number of benzene rings is 1. The molecule has 5 heteroatoms. The van der Waals surface area contributed by atoms with Gasteiger partial charge in [-0.2, -0.15) is 0 Å². The van der Waals surface area contributed by atoms with Gasteiger partial charge in [0.15, 0.2) is 11.5 Å². The van der Waals surface area contributed by atoms with E-state index in [1.807, 2.05) is 13.8 Å². The number of aromatic nitrogens is 2. The summed E-state index contributed by atoms with van der Waals surface area (Å²) in [4.78, 5) is 20.5. The molecule has 102 valence electrons. The lowest BCUT2D eigenvalue weighted by Gasteiger charge is -2.20. The first-order valence-electron chi connectivity index (χ1n) is 6.39. The van der Waals surface area contributed by atoms with Crippen LogP contribution in [0.25, 0.3) is 0 Å². The summed E-state index contributed by atoms with van der Waals surface area (Å²) in [5.74, 6) is 1.19. The first-order valence-corrected chi connectivity index (χ1v) is 6.39.